The molecule has 0 unspecified atom stereocenters. The van der Waals surface area contributed by atoms with Crippen LogP contribution >= 0.6 is 34.5 Å². The summed E-state index contributed by atoms with van der Waals surface area (Å²) >= 11 is 13.5. The van der Waals surface area contributed by atoms with Gasteiger partial charge in [-0.05, 0) is 55.6 Å². The Kier molecular flexibility index (Phi) is 7.13. The van der Waals surface area contributed by atoms with Gasteiger partial charge in [0.1, 0.15) is 0 Å². The standard InChI is InChI=1S/C19H21Cl2N3O2S/c20-16-4-3-14(10-17(16)21)23-18(25)12-24-7-5-13(6-8-24)19(26)22-11-15-2-1-9-27-15/h1-4,9-10,13H,5-8,11-12H2,(H,22,26)(H,23,25). The van der Waals surface area contributed by atoms with Crippen molar-refractivity contribution < 1.29 is 9.59 Å². The molecule has 0 bridgehead atoms. The van der Waals surface area contributed by atoms with Gasteiger partial charge in [0.15, 0.2) is 0 Å². The van der Waals surface area contributed by atoms with Crippen LogP contribution in [0.2, 0.25) is 10.0 Å². The average Bonchev–Trinajstić information content (AvgIpc) is 3.17. The number of thiophene rings is 1. The number of hydrogen-bond acceptors (Lipinski definition) is 4. The molecule has 1 saturated heterocycles. The predicted molar refractivity (Wildman–Crippen MR) is 110 cm³/mol. The van der Waals surface area contributed by atoms with E-state index in [2.05, 4.69) is 15.5 Å². The van der Waals surface area contributed by atoms with E-state index in [0.29, 0.717) is 28.8 Å². The molecule has 2 amide bonds. The van der Waals surface area contributed by atoms with Crippen molar-refractivity contribution in [3.63, 3.8) is 0 Å². The van der Waals surface area contributed by atoms with Gasteiger partial charge in [-0.25, -0.2) is 0 Å². The van der Waals surface area contributed by atoms with E-state index in [9.17, 15) is 9.59 Å². The minimum Gasteiger partial charge on any atom is -0.351 e. The Morgan fingerprint density at radius 3 is 2.59 bits per heavy atom. The molecule has 1 aliphatic rings. The highest BCUT2D eigenvalue weighted by molar-refractivity contribution is 7.09. The Morgan fingerprint density at radius 2 is 1.93 bits per heavy atom. The minimum absolute atomic E-state index is 0.0133. The second-order valence-electron chi connectivity index (χ2n) is 6.52. The number of halogens is 2. The van der Waals surface area contributed by atoms with E-state index in [-0.39, 0.29) is 17.7 Å². The predicted octanol–water partition coefficient (Wildman–Crippen LogP) is 4.02. The van der Waals surface area contributed by atoms with Gasteiger partial charge in [0.05, 0.1) is 23.1 Å². The molecule has 0 atom stereocenters. The summed E-state index contributed by atoms with van der Waals surface area (Å²) in [5, 5.41) is 8.69. The Hall–Kier alpha value is -1.60. The molecule has 3 rings (SSSR count). The lowest BCUT2D eigenvalue weighted by atomic mass is 9.96. The van der Waals surface area contributed by atoms with E-state index in [0.717, 1.165) is 30.8 Å². The molecule has 2 N–H and O–H groups in total. The smallest absolute Gasteiger partial charge is 0.238 e. The topological polar surface area (TPSA) is 61.4 Å². The van der Waals surface area contributed by atoms with Gasteiger partial charge in [-0.2, -0.15) is 0 Å². The molecule has 1 aromatic heterocycles. The molecule has 0 saturated carbocycles. The fourth-order valence-electron chi connectivity index (χ4n) is 3.06. The summed E-state index contributed by atoms with van der Waals surface area (Å²) in [6.07, 6.45) is 1.52. The van der Waals surface area contributed by atoms with Crippen LogP contribution in [0.1, 0.15) is 17.7 Å². The molecule has 144 valence electrons. The molecule has 0 aliphatic carbocycles. The van der Waals surface area contributed by atoms with Crippen molar-refractivity contribution in [2.45, 2.75) is 19.4 Å². The van der Waals surface area contributed by atoms with E-state index in [1.54, 1.807) is 29.5 Å². The number of piperidine rings is 1. The molecule has 5 nitrogen and oxygen atoms in total. The number of rotatable bonds is 6. The Morgan fingerprint density at radius 1 is 1.15 bits per heavy atom. The van der Waals surface area contributed by atoms with Gasteiger partial charge in [-0.15, -0.1) is 11.3 Å². The number of likely N-dealkylation sites (tertiary alicyclic amines) is 1. The molecule has 2 aromatic rings. The first kappa shape index (κ1) is 20.1. The Labute approximate surface area is 172 Å². The quantitative estimate of drug-likeness (QED) is 0.734. The van der Waals surface area contributed by atoms with Crippen molar-refractivity contribution in [1.29, 1.82) is 0 Å². The number of nitrogens with one attached hydrogen (secondary N) is 2. The molecule has 0 radical (unpaired) electrons. The lowest BCUT2D eigenvalue weighted by molar-refractivity contribution is -0.126. The zero-order valence-corrected chi connectivity index (χ0v) is 17.0. The molecule has 1 aliphatic heterocycles. The minimum atomic E-state index is -0.103. The number of anilines is 1. The fraction of sp³-hybridized carbons (Fsp3) is 0.368. The maximum absolute atomic E-state index is 12.3. The second-order valence-corrected chi connectivity index (χ2v) is 8.37. The maximum atomic E-state index is 12.3. The molecule has 0 spiro atoms. The van der Waals surface area contributed by atoms with Crippen molar-refractivity contribution in [3.8, 4) is 0 Å². The lowest BCUT2D eigenvalue weighted by Gasteiger charge is -2.30. The van der Waals surface area contributed by atoms with Crippen LogP contribution in [-0.2, 0) is 16.1 Å². The number of carbonyl (C=O) groups excluding carboxylic acids is 2. The number of carbonyl (C=O) groups is 2. The summed E-state index contributed by atoms with van der Waals surface area (Å²) in [5.74, 6) is 0.0108. The van der Waals surface area contributed by atoms with Crippen LogP contribution < -0.4 is 10.6 Å². The van der Waals surface area contributed by atoms with Gasteiger partial charge in [-0.1, -0.05) is 29.3 Å². The van der Waals surface area contributed by atoms with Crippen molar-refractivity contribution in [2.24, 2.45) is 5.92 Å². The highest BCUT2D eigenvalue weighted by Gasteiger charge is 2.25. The highest BCUT2D eigenvalue weighted by atomic mass is 35.5. The summed E-state index contributed by atoms with van der Waals surface area (Å²) in [7, 11) is 0. The first-order valence-corrected chi connectivity index (χ1v) is 10.4. The van der Waals surface area contributed by atoms with E-state index < -0.39 is 0 Å². The summed E-state index contributed by atoms with van der Waals surface area (Å²) in [4.78, 5) is 27.7. The van der Waals surface area contributed by atoms with Crippen molar-refractivity contribution >= 4 is 52.0 Å². The lowest BCUT2D eigenvalue weighted by Crippen LogP contribution is -2.43. The first-order valence-electron chi connectivity index (χ1n) is 8.78. The normalized spacial score (nSPS) is 15.5. The summed E-state index contributed by atoms with van der Waals surface area (Å²) in [5.41, 5.74) is 0.622. The average molecular weight is 426 g/mol. The van der Waals surface area contributed by atoms with E-state index >= 15 is 0 Å². The summed E-state index contributed by atoms with van der Waals surface area (Å²) in [6, 6.07) is 9.00. The maximum Gasteiger partial charge on any atom is 0.238 e. The molecular weight excluding hydrogens is 405 g/mol. The zero-order chi connectivity index (χ0) is 19.2. The van der Waals surface area contributed by atoms with Crippen LogP contribution in [0.4, 0.5) is 5.69 Å². The summed E-state index contributed by atoms with van der Waals surface area (Å²) < 4.78 is 0. The van der Waals surface area contributed by atoms with Gasteiger partial charge in [0.25, 0.3) is 0 Å². The van der Waals surface area contributed by atoms with Gasteiger partial charge in [-0.3, -0.25) is 14.5 Å². The van der Waals surface area contributed by atoms with Gasteiger partial charge in [0.2, 0.25) is 11.8 Å². The fourth-order valence-corrected chi connectivity index (χ4v) is 4.01. The zero-order valence-electron chi connectivity index (χ0n) is 14.7. The van der Waals surface area contributed by atoms with Crippen LogP contribution in [0.5, 0.6) is 0 Å². The number of benzene rings is 1. The van der Waals surface area contributed by atoms with Crippen LogP contribution in [0.15, 0.2) is 35.7 Å². The highest BCUT2D eigenvalue weighted by Crippen LogP contribution is 2.25. The summed E-state index contributed by atoms with van der Waals surface area (Å²) in [6.45, 7) is 2.34. The van der Waals surface area contributed by atoms with Crippen LogP contribution in [-0.4, -0.2) is 36.3 Å². The number of hydrogen-bond donors (Lipinski definition) is 2. The number of nitrogens with zero attached hydrogens (tertiary/aromatic N) is 1. The van der Waals surface area contributed by atoms with Crippen molar-refractivity contribution in [1.82, 2.24) is 10.2 Å². The van der Waals surface area contributed by atoms with Gasteiger partial charge >= 0.3 is 0 Å². The molecule has 1 fully saturated rings. The number of amides is 2. The molecule has 27 heavy (non-hydrogen) atoms. The Bertz CT molecular complexity index is 790. The van der Waals surface area contributed by atoms with E-state index in [1.807, 2.05) is 17.5 Å². The molecule has 2 heterocycles. The Balaban J connectivity index is 1.40. The van der Waals surface area contributed by atoms with Crippen molar-refractivity contribution in [2.75, 3.05) is 25.0 Å². The SMILES string of the molecule is O=C(CN1CCC(C(=O)NCc2cccs2)CC1)Nc1ccc(Cl)c(Cl)c1. The molecular formula is C19H21Cl2N3O2S. The third-order valence-corrected chi connectivity index (χ3v) is 6.16. The van der Waals surface area contributed by atoms with E-state index in [4.69, 9.17) is 23.2 Å². The van der Waals surface area contributed by atoms with Crippen molar-refractivity contribution in [3.05, 3.63) is 50.6 Å². The first-order chi connectivity index (χ1) is 13.0. The third-order valence-electron chi connectivity index (χ3n) is 4.55. The largest absolute Gasteiger partial charge is 0.351 e. The van der Waals surface area contributed by atoms with Gasteiger partial charge in [0, 0.05) is 16.5 Å². The molecule has 1 aromatic carbocycles. The monoisotopic (exact) mass is 425 g/mol. The third kappa shape index (κ3) is 5.94. The van der Waals surface area contributed by atoms with Crippen LogP contribution in [0, 0.1) is 5.92 Å². The molecule has 8 heteroatoms. The van der Waals surface area contributed by atoms with E-state index in [1.165, 1.54) is 0 Å². The van der Waals surface area contributed by atoms with Gasteiger partial charge < -0.3 is 10.6 Å². The van der Waals surface area contributed by atoms with Crippen LogP contribution in [0.3, 0.4) is 0 Å². The van der Waals surface area contributed by atoms with Crippen LogP contribution in [0.25, 0.3) is 0 Å². The second kappa shape index (κ2) is 9.55.